The van der Waals surface area contributed by atoms with Gasteiger partial charge in [0.05, 0.1) is 6.07 Å². The Balaban J connectivity index is 1.60. The SMILES string of the molecule is CN(CCCCC(C)(C#N)NC1CC1)C1CC1. The highest BCUT2D eigenvalue weighted by Gasteiger charge is 2.32. The van der Waals surface area contributed by atoms with Crippen LogP contribution in [0.5, 0.6) is 0 Å². The minimum Gasteiger partial charge on any atom is -0.303 e. The zero-order valence-corrected chi connectivity index (χ0v) is 11.2. The molecule has 3 nitrogen and oxygen atoms in total. The molecule has 2 aliphatic rings. The molecule has 0 saturated heterocycles. The molecule has 0 amide bonds. The lowest BCUT2D eigenvalue weighted by Crippen LogP contribution is -2.42. The van der Waals surface area contributed by atoms with Gasteiger partial charge in [-0.15, -0.1) is 0 Å². The molecule has 17 heavy (non-hydrogen) atoms. The largest absolute Gasteiger partial charge is 0.303 e. The number of hydrogen-bond donors (Lipinski definition) is 1. The summed E-state index contributed by atoms with van der Waals surface area (Å²) in [6.07, 6.45) is 8.63. The number of unbranched alkanes of at least 4 members (excludes halogenated alkanes) is 1. The van der Waals surface area contributed by atoms with Gasteiger partial charge in [0.1, 0.15) is 5.54 Å². The molecule has 96 valence electrons. The Bertz CT molecular complexity index is 288. The second-order valence-corrected chi connectivity index (χ2v) is 6.03. The van der Waals surface area contributed by atoms with Crippen molar-refractivity contribution in [3.05, 3.63) is 0 Å². The molecule has 0 radical (unpaired) electrons. The summed E-state index contributed by atoms with van der Waals surface area (Å²) in [7, 11) is 2.23. The van der Waals surface area contributed by atoms with Crippen molar-refractivity contribution in [2.24, 2.45) is 0 Å². The van der Waals surface area contributed by atoms with E-state index in [-0.39, 0.29) is 5.54 Å². The number of nitriles is 1. The molecule has 0 spiro atoms. The van der Waals surface area contributed by atoms with Gasteiger partial charge in [0.25, 0.3) is 0 Å². The van der Waals surface area contributed by atoms with Crippen LogP contribution in [-0.4, -0.2) is 36.1 Å². The quantitative estimate of drug-likeness (QED) is 0.656. The van der Waals surface area contributed by atoms with Crippen molar-refractivity contribution in [3.8, 4) is 6.07 Å². The van der Waals surface area contributed by atoms with Gasteiger partial charge >= 0.3 is 0 Å². The minimum atomic E-state index is -0.292. The van der Waals surface area contributed by atoms with Crippen LogP contribution in [0.15, 0.2) is 0 Å². The summed E-state index contributed by atoms with van der Waals surface area (Å²) in [6, 6.07) is 3.93. The maximum absolute atomic E-state index is 9.25. The maximum Gasteiger partial charge on any atom is 0.104 e. The fourth-order valence-corrected chi connectivity index (χ4v) is 2.38. The van der Waals surface area contributed by atoms with Gasteiger partial charge in [-0.05, 0) is 65.5 Å². The van der Waals surface area contributed by atoms with Crippen molar-refractivity contribution in [1.29, 1.82) is 5.26 Å². The molecular formula is C14H25N3. The molecule has 1 atom stereocenters. The lowest BCUT2D eigenvalue weighted by atomic mass is 9.96. The number of rotatable bonds is 8. The Morgan fingerprint density at radius 1 is 1.29 bits per heavy atom. The molecule has 1 unspecified atom stereocenters. The van der Waals surface area contributed by atoms with Gasteiger partial charge < -0.3 is 4.90 Å². The van der Waals surface area contributed by atoms with Gasteiger partial charge in [-0.1, -0.05) is 0 Å². The first-order chi connectivity index (χ1) is 8.13. The average Bonchev–Trinajstić information content (AvgIpc) is 3.15. The van der Waals surface area contributed by atoms with Crippen LogP contribution in [0.1, 0.15) is 51.9 Å². The maximum atomic E-state index is 9.25. The molecule has 2 fully saturated rings. The van der Waals surface area contributed by atoms with E-state index in [9.17, 15) is 5.26 Å². The molecule has 0 aromatic rings. The second kappa shape index (κ2) is 5.37. The summed E-state index contributed by atoms with van der Waals surface area (Å²) in [5.74, 6) is 0. The fourth-order valence-electron chi connectivity index (χ4n) is 2.38. The first-order valence-corrected chi connectivity index (χ1v) is 7.02. The standard InChI is InChI=1S/C14H25N3/c1-14(11-15,16-12-5-6-12)9-3-4-10-17(2)13-7-8-13/h12-13,16H,3-10H2,1-2H3. The van der Waals surface area contributed by atoms with Gasteiger partial charge in [-0.3, -0.25) is 5.32 Å². The van der Waals surface area contributed by atoms with E-state index < -0.39 is 0 Å². The van der Waals surface area contributed by atoms with E-state index in [4.69, 9.17) is 0 Å². The van der Waals surface area contributed by atoms with Crippen molar-refractivity contribution >= 4 is 0 Å². The van der Waals surface area contributed by atoms with Gasteiger partial charge in [0, 0.05) is 12.1 Å². The molecule has 0 aromatic carbocycles. The van der Waals surface area contributed by atoms with Crippen molar-refractivity contribution in [1.82, 2.24) is 10.2 Å². The number of hydrogen-bond acceptors (Lipinski definition) is 3. The van der Waals surface area contributed by atoms with E-state index in [0.717, 1.165) is 18.9 Å². The van der Waals surface area contributed by atoms with Crippen LogP contribution in [0.2, 0.25) is 0 Å². The summed E-state index contributed by atoms with van der Waals surface area (Å²) >= 11 is 0. The van der Waals surface area contributed by atoms with Gasteiger partial charge in [-0.25, -0.2) is 0 Å². The van der Waals surface area contributed by atoms with Crippen molar-refractivity contribution in [2.45, 2.75) is 69.5 Å². The highest BCUT2D eigenvalue weighted by atomic mass is 15.1. The third-order valence-corrected chi connectivity index (χ3v) is 3.95. The summed E-state index contributed by atoms with van der Waals surface area (Å²) in [4.78, 5) is 2.47. The Labute approximate surface area is 105 Å². The molecule has 3 heteroatoms. The molecule has 2 rings (SSSR count). The van der Waals surface area contributed by atoms with Crippen LogP contribution in [-0.2, 0) is 0 Å². The molecule has 2 aliphatic carbocycles. The molecule has 2 saturated carbocycles. The molecule has 0 aromatic heterocycles. The first-order valence-electron chi connectivity index (χ1n) is 7.02. The molecule has 0 heterocycles. The Morgan fingerprint density at radius 3 is 2.53 bits per heavy atom. The minimum absolute atomic E-state index is 0.292. The summed E-state index contributed by atoms with van der Waals surface area (Å²) in [6.45, 7) is 3.24. The van der Waals surface area contributed by atoms with Crippen LogP contribution in [0.4, 0.5) is 0 Å². The lowest BCUT2D eigenvalue weighted by Gasteiger charge is -2.24. The Hall–Kier alpha value is -0.590. The highest BCUT2D eigenvalue weighted by Crippen LogP contribution is 2.27. The Kier molecular flexibility index (Phi) is 4.06. The van der Waals surface area contributed by atoms with E-state index in [2.05, 4.69) is 30.3 Å². The predicted molar refractivity (Wildman–Crippen MR) is 69.7 cm³/mol. The van der Waals surface area contributed by atoms with Crippen LogP contribution in [0, 0.1) is 11.3 Å². The molecule has 1 N–H and O–H groups in total. The van der Waals surface area contributed by atoms with Crippen molar-refractivity contribution in [3.63, 3.8) is 0 Å². The number of nitrogens with one attached hydrogen (secondary N) is 1. The summed E-state index contributed by atoms with van der Waals surface area (Å²) < 4.78 is 0. The van der Waals surface area contributed by atoms with Crippen LogP contribution in [0.3, 0.4) is 0 Å². The first kappa shape index (κ1) is 12.9. The molecule has 0 aliphatic heterocycles. The monoisotopic (exact) mass is 235 g/mol. The zero-order valence-electron chi connectivity index (χ0n) is 11.2. The van der Waals surface area contributed by atoms with Crippen LogP contribution >= 0.6 is 0 Å². The van der Waals surface area contributed by atoms with Crippen molar-refractivity contribution in [2.75, 3.05) is 13.6 Å². The summed E-state index contributed by atoms with van der Waals surface area (Å²) in [5, 5.41) is 12.7. The van der Waals surface area contributed by atoms with Crippen molar-refractivity contribution < 1.29 is 0 Å². The Morgan fingerprint density at radius 2 is 2.00 bits per heavy atom. The van der Waals surface area contributed by atoms with Crippen LogP contribution in [0.25, 0.3) is 0 Å². The highest BCUT2D eigenvalue weighted by molar-refractivity contribution is 5.06. The topological polar surface area (TPSA) is 39.1 Å². The van der Waals surface area contributed by atoms with Crippen LogP contribution < -0.4 is 5.32 Å². The second-order valence-electron chi connectivity index (χ2n) is 6.03. The number of nitrogens with zero attached hydrogens (tertiary/aromatic N) is 2. The van der Waals surface area contributed by atoms with E-state index in [0.29, 0.717) is 6.04 Å². The average molecular weight is 235 g/mol. The van der Waals surface area contributed by atoms with E-state index in [1.54, 1.807) is 0 Å². The summed E-state index contributed by atoms with van der Waals surface area (Å²) in [5.41, 5.74) is -0.292. The van der Waals surface area contributed by atoms with Gasteiger partial charge in [0.15, 0.2) is 0 Å². The lowest BCUT2D eigenvalue weighted by molar-refractivity contribution is 0.305. The zero-order chi connectivity index (χ0) is 12.3. The fraction of sp³-hybridized carbons (Fsp3) is 0.929. The van der Waals surface area contributed by atoms with Gasteiger partial charge in [0.2, 0.25) is 0 Å². The van der Waals surface area contributed by atoms with E-state index >= 15 is 0 Å². The van der Waals surface area contributed by atoms with E-state index in [1.165, 1.54) is 38.6 Å². The molecular weight excluding hydrogens is 210 g/mol. The normalized spacial score (nSPS) is 23.4. The van der Waals surface area contributed by atoms with Gasteiger partial charge in [-0.2, -0.15) is 5.26 Å². The third-order valence-electron chi connectivity index (χ3n) is 3.95. The van der Waals surface area contributed by atoms with E-state index in [1.807, 2.05) is 0 Å². The predicted octanol–water partition coefficient (Wildman–Crippen LogP) is 2.29. The third kappa shape index (κ3) is 4.29. The molecule has 0 bridgehead atoms. The smallest absolute Gasteiger partial charge is 0.104 e.